The molecule has 0 unspecified atom stereocenters. The molecule has 0 radical (unpaired) electrons. The summed E-state index contributed by atoms with van der Waals surface area (Å²) in [6.45, 7) is 4.00. The van der Waals surface area contributed by atoms with E-state index in [0.717, 1.165) is 25.7 Å². The van der Waals surface area contributed by atoms with Crippen molar-refractivity contribution in [2.75, 3.05) is 7.11 Å². The van der Waals surface area contributed by atoms with Gasteiger partial charge in [0.25, 0.3) is 0 Å². The molecule has 0 N–H and O–H groups in total. The number of methoxy groups -OCH3 is 1. The van der Waals surface area contributed by atoms with E-state index in [9.17, 15) is 9.59 Å². The Hall–Kier alpha value is -2.04. The Balaban J connectivity index is 2.87. The van der Waals surface area contributed by atoms with Crippen LogP contribution in [0.25, 0.3) is 0 Å². The van der Waals surface area contributed by atoms with Gasteiger partial charge in [0.05, 0.1) is 7.11 Å². The fourth-order valence-electron chi connectivity index (χ4n) is 1.82. The zero-order valence-corrected chi connectivity index (χ0v) is 13.5. The molecule has 0 aliphatic carbocycles. The molecule has 5 nitrogen and oxygen atoms in total. The SMILES string of the molecule is CCCCC(=O)Oc1cccc(OC)c1OC(=O)CCCC. The summed E-state index contributed by atoms with van der Waals surface area (Å²) in [6, 6.07) is 4.94. The number of benzene rings is 1. The third-order valence-corrected chi connectivity index (χ3v) is 3.07. The van der Waals surface area contributed by atoms with Gasteiger partial charge in [-0.05, 0) is 25.0 Å². The fourth-order valence-corrected chi connectivity index (χ4v) is 1.82. The molecule has 0 bridgehead atoms. The summed E-state index contributed by atoms with van der Waals surface area (Å²) in [4.78, 5) is 23.6. The summed E-state index contributed by atoms with van der Waals surface area (Å²) in [5, 5.41) is 0. The van der Waals surface area contributed by atoms with Gasteiger partial charge in [-0.25, -0.2) is 0 Å². The monoisotopic (exact) mass is 308 g/mol. The molecule has 0 aromatic heterocycles. The number of unbranched alkanes of at least 4 members (excludes halogenated alkanes) is 2. The number of carbonyl (C=O) groups excluding carboxylic acids is 2. The van der Waals surface area contributed by atoms with Crippen molar-refractivity contribution in [3.8, 4) is 17.2 Å². The number of para-hydroxylation sites is 1. The first-order valence-corrected chi connectivity index (χ1v) is 7.70. The molecule has 1 rings (SSSR count). The zero-order valence-electron chi connectivity index (χ0n) is 13.5. The Kier molecular flexibility index (Phi) is 8.04. The molecular weight excluding hydrogens is 284 g/mol. The van der Waals surface area contributed by atoms with Gasteiger partial charge >= 0.3 is 11.9 Å². The summed E-state index contributed by atoms with van der Waals surface area (Å²) >= 11 is 0. The maximum Gasteiger partial charge on any atom is 0.311 e. The number of ether oxygens (including phenoxy) is 3. The topological polar surface area (TPSA) is 61.8 Å². The van der Waals surface area contributed by atoms with Gasteiger partial charge in [0.15, 0.2) is 11.5 Å². The lowest BCUT2D eigenvalue weighted by Gasteiger charge is -2.13. The molecule has 0 saturated heterocycles. The normalized spacial score (nSPS) is 10.1. The highest BCUT2D eigenvalue weighted by Crippen LogP contribution is 2.37. The number of carbonyl (C=O) groups is 2. The van der Waals surface area contributed by atoms with Gasteiger partial charge in [-0.3, -0.25) is 9.59 Å². The Morgan fingerprint density at radius 2 is 1.45 bits per heavy atom. The van der Waals surface area contributed by atoms with Crippen LogP contribution < -0.4 is 14.2 Å². The van der Waals surface area contributed by atoms with Crippen LogP contribution in [0.15, 0.2) is 18.2 Å². The molecule has 0 spiro atoms. The van der Waals surface area contributed by atoms with Gasteiger partial charge in [0.2, 0.25) is 5.75 Å². The maximum absolute atomic E-state index is 11.8. The summed E-state index contributed by atoms with van der Waals surface area (Å²) in [5.74, 6) is 0.0325. The van der Waals surface area contributed by atoms with Crippen molar-refractivity contribution in [2.45, 2.75) is 52.4 Å². The number of hydrogen-bond acceptors (Lipinski definition) is 5. The molecule has 5 heteroatoms. The van der Waals surface area contributed by atoms with Crippen LogP contribution in [0, 0.1) is 0 Å². The van der Waals surface area contributed by atoms with Crippen LogP contribution in [-0.2, 0) is 9.59 Å². The molecule has 0 saturated carbocycles. The van der Waals surface area contributed by atoms with E-state index in [1.165, 1.54) is 7.11 Å². The quantitative estimate of drug-likeness (QED) is 0.511. The molecule has 0 fully saturated rings. The summed E-state index contributed by atoms with van der Waals surface area (Å²) in [5.41, 5.74) is 0. The minimum absolute atomic E-state index is 0.163. The Bertz CT molecular complexity index is 496. The largest absolute Gasteiger partial charge is 0.493 e. The van der Waals surface area contributed by atoms with Gasteiger partial charge in [-0.15, -0.1) is 0 Å². The molecule has 0 heterocycles. The van der Waals surface area contributed by atoms with Crippen molar-refractivity contribution >= 4 is 11.9 Å². The molecule has 0 amide bonds. The Labute approximate surface area is 131 Å². The van der Waals surface area contributed by atoms with Crippen LogP contribution in [-0.4, -0.2) is 19.0 Å². The van der Waals surface area contributed by atoms with E-state index >= 15 is 0 Å². The second kappa shape index (κ2) is 9.82. The average molecular weight is 308 g/mol. The number of esters is 2. The smallest absolute Gasteiger partial charge is 0.311 e. The standard InChI is InChI=1S/C17H24O5/c1-4-6-11-15(18)21-14-10-8-9-13(20-3)17(14)22-16(19)12-7-5-2/h8-10H,4-7,11-12H2,1-3H3. The fraction of sp³-hybridized carbons (Fsp3) is 0.529. The van der Waals surface area contributed by atoms with Crippen LogP contribution in [0.2, 0.25) is 0 Å². The lowest BCUT2D eigenvalue weighted by molar-refractivity contribution is -0.137. The third-order valence-electron chi connectivity index (χ3n) is 3.07. The Morgan fingerprint density at radius 1 is 0.909 bits per heavy atom. The maximum atomic E-state index is 11.8. The second-order valence-electron chi connectivity index (χ2n) is 4.94. The van der Waals surface area contributed by atoms with E-state index in [4.69, 9.17) is 14.2 Å². The van der Waals surface area contributed by atoms with E-state index in [2.05, 4.69) is 0 Å². The molecule has 0 aliphatic heterocycles. The highest BCUT2D eigenvalue weighted by atomic mass is 16.6. The van der Waals surface area contributed by atoms with Crippen molar-refractivity contribution in [3.05, 3.63) is 18.2 Å². The van der Waals surface area contributed by atoms with Crippen LogP contribution >= 0.6 is 0 Å². The first-order valence-electron chi connectivity index (χ1n) is 7.70. The van der Waals surface area contributed by atoms with Crippen LogP contribution in [0.4, 0.5) is 0 Å². The van der Waals surface area contributed by atoms with Crippen molar-refractivity contribution in [1.82, 2.24) is 0 Å². The molecule has 1 aromatic carbocycles. The third kappa shape index (κ3) is 5.76. The van der Waals surface area contributed by atoms with E-state index in [1.54, 1.807) is 18.2 Å². The van der Waals surface area contributed by atoms with Crippen molar-refractivity contribution in [3.63, 3.8) is 0 Å². The van der Waals surface area contributed by atoms with E-state index in [1.807, 2.05) is 13.8 Å². The highest BCUT2D eigenvalue weighted by molar-refractivity contribution is 5.77. The van der Waals surface area contributed by atoms with Crippen LogP contribution in [0.1, 0.15) is 52.4 Å². The van der Waals surface area contributed by atoms with Gasteiger partial charge in [0, 0.05) is 12.8 Å². The van der Waals surface area contributed by atoms with Crippen molar-refractivity contribution in [2.24, 2.45) is 0 Å². The van der Waals surface area contributed by atoms with E-state index in [0.29, 0.717) is 18.6 Å². The average Bonchev–Trinajstić information content (AvgIpc) is 2.52. The highest BCUT2D eigenvalue weighted by Gasteiger charge is 2.18. The van der Waals surface area contributed by atoms with Gasteiger partial charge < -0.3 is 14.2 Å². The Morgan fingerprint density at radius 3 is 2.00 bits per heavy atom. The van der Waals surface area contributed by atoms with E-state index < -0.39 is 0 Å². The first kappa shape index (κ1) is 18.0. The van der Waals surface area contributed by atoms with E-state index in [-0.39, 0.29) is 23.4 Å². The molecular formula is C17H24O5. The van der Waals surface area contributed by atoms with Crippen LogP contribution in [0.5, 0.6) is 17.2 Å². The lowest BCUT2D eigenvalue weighted by atomic mass is 10.2. The van der Waals surface area contributed by atoms with Gasteiger partial charge in [-0.1, -0.05) is 32.8 Å². The minimum atomic E-state index is -0.364. The zero-order chi connectivity index (χ0) is 16.4. The molecule has 22 heavy (non-hydrogen) atoms. The van der Waals surface area contributed by atoms with Crippen molar-refractivity contribution in [1.29, 1.82) is 0 Å². The molecule has 1 aromatic rings. The lowest BCUT2D eigenvalue weighted by Crippen LogP contribution is -2.12. The first-order chi connectivity index (χ1) is 10.6. The summed E-state index contributed by atoms with van der Waals surface area (Å²) in [6.07, 6.45) is 3.97. The number of rotatable bonds is 9. The summed E-state index contributed by atoms with van der Waals surface area (Å²) < 4.78 is 15.8. The predicted molar refractivity (Wildman–Crippen MR) is 83.3 cm³/mol. The van der Waals surface area contributed by atoms with Gasteiger partial charge in [0.1, 0.15) is 0 Å². The molecule has 122 valence electrons. The van der Waals surface area contributed by atoms with Crippen LogP contribution in [0.3, 0.4) is 0 Å². The number of hydrogen-bond donors (Lipinski definition) is 0. The second-order valence-corrected chi connectivity index (χ2v) is 4.94. The molecule has 0 aliphatic rings. The molecule has 0 atom stereocenters. The van der Waals surface area contributed by atoms with Crippen molar-refractivity contribution < 1.29 is 23.8 Å². The van der Waals surface area contributed by atoms with Gasteiger partial charge in [-0.2, -0.15) is 0 Å². The predicted octanol–water partition coefficient (Wildman–Crippen LogP) is 3.89. The minimum Gasteiger partial charge on any atom is -0.493 e. The summed E-state index contributed by atoms with van der Waals surface area (Å²) in [7, 11) is 1.47.